The molecule has 2 saturated carbocycles. The van der Waals surface area contributed by atoms with E-state index < -0.39 is 5.41 Å². The molecule has 140 valence electrons. The summed E-state index contributed by atoms with van der Waals surface area (Å²) in [6.07, 6.45) is 7.55. The number of rotatable bonds is 5. The summed E-state index contributed by atoms with van der Waals surface area (Å²) in [5, 5.41) is 9.99. The molecule has 0 radical (unpaired) electrons. The van der Waals surface area contributed by atoms with Crippen LogP contribution < -0.4 is 9.47 Å². The van der Waals surface area contributed by atoms with Gasteiger partial charge in [-0.15, -0.1) is 0 Å². The summed E-state index contributed by atoms with van der Waals surface area (Å²) >= 11 is 0. The molecule has 2 fully saturated rings. The van der Waals surface area contributed by atoms with Crippen molar-refractivity contribution in [1.29, 1.82) is 5.26 Å². The van der Waals surface area contributed by atoms with E-state index in [0.717, 1.165) is 37.7 Å². The Morgan fingerprint density at radius 1 is 1.15 bits per heavy atom. The maximum Gasteiger partial charge on any atom is 0.308 e. The van der Waals surface area contributed by atoms with Gasteiger partial charge in [-0.2, -0.15) is 5.26 Å². The fourth-order valence-corrected chi connectivity index (χ4v) is 4.32. The fourth-order valence-electron chi connectivity index (χ4n) is 4.32. The molecule has 0 spiro atoms. The van der Waals surface area contributed by atoms with Gasteiger partial charge in [0.05, 0.1) is 37.7 Å². The van der Waals surface area contributed by atoms with Gasteiger partial charge in [0.15, 0.2) is 11.5 Å². The highest BCUT2D eigenvalue weighted by Gasteiger charge is 2.41. The Labute approximate surface area is 155 Å². The molecule has 0 heterocycles. The number of ether oxygens (including phenoxy) is 3. The summed E-state index contributed by atoms with van der Waals surface area (Å²) in [5.74, 6) is 0.941. The Morgan fingerprint density at radius 2 is 1.92 bits per heavy atom. The van der Waals surface area contributed by atoms with Crippen molar-refractivity contribution in [3.05, 3.63) is 23.8 Å². The van der Waals surface area contributed by atoms with Gasteiger partial charge in [0.2, 0.25) is 0 Å². The van der Waals surface area contributed by atoms with Crippen LogP contribution in [0.2, 0.25) is 0 Å². The minimum atomic E-state index is -0.683. The van der Waals surface area contributed by atoms with Crippen LogP contribution in [0.3, 0.4) is 0 Å². The number of esters is 1. The second-order valence-corrected chi connectivity index (χ2v) is 7.40. The van der Waals surface area contributed by atoms with Crippen LogP contribution in [0.25, 0.3) is 0 Å². The lowest BCUT2D eigenvalue weighted by molar-refractivity contribution is -0.147. The fraction of sp³-hybridized carbons (Fsp3) is 0.619. The first-order valence-electron chi connectivity index (χ1n) is 9.46. The van der Waals surface area contributed by atoms with Crippen molar-refractivity contribution in [2.45, 2.75) is 62.9 Å². The van der Waals surface area contributed by atoms with Crippen LogP contribution in [0.15, 0.2) is 18.2 Å². The molecule has 5 heteroatoms. The summed E-state index contributed by atoms with van der Waals surface area (Å²) in [7, 11) is 3.04. The quantitative estimate of drug-likeness (QED) is 0.741. The van der Waals surface area contributed by atoms with Crippen molar-refractivity contribution in [2.24, 2.45) is 5.92 Å². The topological polar surface area (TPSA) is 68.6 Å². The molecule has 1 aromatic carbocycles. The number of nitrogens with zero attached hydrogens (tertiary/aromatic N) is 1. The molecule has 2 aliphatic carbocycles. The lowest BCUT2D eigenvalue weighted by atomic mass is 9.66. The van der Waals surface area contributed by atoms with Crippen molar-refractivity contribution in [3.63, 3.8) is 0 Å². The maximum atomic E-state index is 12.0. The molecular formula is C21H27NO4. The first-order valence-corrected chi connectivity index (χ1v) is 9.46. The van der Waals surface area contributed by atoms with Gasteiger partial charge in [0.25, 0.3) is 0 Å². The van der Waals surface area contributed by atoms with E-state index in [0.29, 0.717) is 17.9 Å². The van der Waals surface area contributed by atoms with Gasteiger partial charge in [-0.3, -0.25) is 4.79 Å². The van der Waals surface area contributed by atoms with E-state index in [4.69, 9.17) is 14.2 Å². The number of benzene rings is 1. The number of hydrogen-bond donors (Lipinski definition) is 0. The molecule has 0 saturated heterocycles. The van der Waals surface area contributed by atoms with Crippen molar-refractivity contribution in [1.82, 2.24) is 0 Å². The standard InChI is InChI=1S/C21H27NO4/c1-24-18-10-9-16(12-19(18)26-17-7-3-4-8-17)21(14-22)11-5-6-15(13-21)20(23)25-2/h9-10,12,15,17H,3-8,11,13H2,1-2H3/t15-,21+/m1/s1. The third-order valence-corrected chi connectivity index (χ3v) is 5.81. The van der Waals surface area contributed by atoms with Crippen LogP contribution in [0.4, 0.5) is 0 Å². The van der Waals surface area contributed by atoms with Crippen molar-refractivity contribution < 1.29 is 19.0 Å². The summed E-state index contributed by atoms with van der Waals surface area (Å²) in [6.45, 7) is 0. The summed E-state index contributed by atoms with van der Waals surface area (Å²) < 4.78 is 16.6. The Kier molecular flexibility index (Phi) is 5.70. The molecule has 26 heavy (non-hydrogen) atoms. The Hall–Kier alpha value is -2.22. The first kappa shape index (κ1) is 18.6. The van der Waals surface area contributed by atoms with Gasteiger partial charge >= 0.3 is 5.97 Å². The molecule has 0 aromatic heterocycles. The monoisotopic (exact) mass is 357 g/mol. The lowest BCUT2D eigenvalue weighted by Crippen LogP contribution is -2.35. The maximum absolute atomic E-state index is 12.0. The van der Waals surface area contributed by atoms with E-state index in [2.05, 4.69) is 6.07 Å². The molecule has 0 N–H and O–H groups in total. The second kappa shape index (κ2) is 7.99. The molecule has 0 amide bonds. The molecule has 2 atom stereocenters. The van der Waals surface area contributed by atoms with Gasteiger partial charge in [0.1, 0.15) is 0 Å². The molecule has 1 aromatic rings. The second-order valence-electron chi connectivity index (χ2n) is 7.40. The van der Waals surface area contributed by atoms with Crippen LogP contribution in [0, 0.1) is 17.2 Å². The van der Waals surface area contributed by atoms with Gasteiger partial charge < -0.3 is 14.2 Å². The number of methoxy groups -OCH3 is 2. The van der Waals surface area contributed by atoms with E-state index in [1.165, 1.54) is 20.0 Å². The van der Waals surface area contributed by atoms with Gasteiger partial charge in [-0.25, -0.2) is 0 Å². The smallest absolute Gasteiger partial charge is 0.308 e. The normalized spacial score (nSPS) is 26.1. The summed E-state index contributed by atoms with van der Waals surface area (Å²) in [5.41, 5.74) is 0.222. The van der Waals surface area contributed by atoms with Crippen molar-refractivity contribution in [3.8, 4) is 17.6 Å². The number of carbonyl (C=O) groups excluding carboxylic acids is 1. The van der Waals surface area contributed by atoms with Gasteiger partial charge in [-0.1, -0.05) is 12.5 Å². The minimum Gasteiger partial charge on any atom is -0.493 e. The highest BCUT2D eigenvalue weighted by atomic mass is 16.5. The SMILES string of the molecule is COC(=O)[C@@H]1CCC[C@](C#N)(c2ccc(OC)c(OC3CCCC3)c2)C1. The minimum absolute atomic E-state index is 0.214. The average molecular weight is 357 g/mol. The van der Waals surface area contributed by atoms with Gasteiger partial charge in [-0.05, 0) is 62.6 Å². The lowest BCUT2D eigenvalue weighted by Gasteiger charge is -2.35. The molecule has 3 rings (SSSR count). The number of nitriles is 1. The van der Waals surface area contributed by atoms with E-state index in [1.807, 2.05) is 18.2 Å². The molecule has 2 aliphatic rings. The molecule has 0 aliphatic heterocycles. The molecule has 0 unspecified atom stereocenters. The zero-order valence-electron chi connectivity index (χ0n) is 15.6. The average Bonchev–Trinajstić information content (AvgIpc) is 3.20. The number of carbonyl (C=O) groups is 1. The molecule has 5 nitrogen and oxygen atoms in total. The Balaban J connectivity index is 1.90. The predicted molar refractivity (Wildman–Crippen MR) is 97.1 cm³/mol. The van der Waals surface area contributed by atoms with Crippen molar-refractivity contribution in [2.75, 3.05) is 14.2 Å². The molecule has 0 bridgehead atoms. The Morgan fingerprint density at radius 3 is 2.58 bits per heavy atom. The van der Waals surface area contributed by atoms with Gasteiger partial charge in [0, 0.05) is 0 Å². The van der Waals surface area contributed by atoms with Crippen LogP contribution >= 0.6 is 0 Å². The van der Waals surface area contributed by atoms with Crippen LogP contribution in [-0.4, -0.2) is 26.3 Å². The van der Waals surface area contributed by atoms with E-state index in [-0.39, 0.29) is 18.0 Å². The summed E-state index contributed by atoms with van der Waals surface area (Å²) in [6, 6.07) is 8.25. The predicted octanol–water partition coefficient (Wildman–Crippen LogP) is 4.14. The van der Waals surface area contributed by atoms with Crippen LogP contribution in [0.5, 0.6) is 11.5 Å². The van der Waals surface area contributed by atoms with E-state index >= 15 is 0 Å². The highest BCUT2D eigenvalue weighted by Crippen LogP contribution is 2.44. The third-order valence-electron chi connectivity index (χ3n) is 5.81. The third kappa shape index (κ3) is 3.65. The van der Waals surface area contributed by atoms with E-state index in [1.54, 1.807) is 7.11 Å². The van der Waals surface area contributed by atoms with Crippen LogP contribution in [0.1, 0.15) is 56.9 Å². The Bertz CT molecular complexity index is 690. The summed E-state index contributed by atoms with van der Waals surface area (Å²) in [4.78, 5) is 12.0. The highest BCUT2D eigenvalue weighted by molar-refractivity contribution is 5.73. The largest absolute Gasteiger partial charge is 0.493 e. The zero-order valence-corrected chi connectivity index (χ0v) is 15.6. The van der Waals surface area contributed by atoms with Crippen molar-refractivity contribution >= 4 is 5.97 Å². The molecular weight excluding hydrogens is 330 g/mol. The van der Waals surface area contributed by atoms with E-state index in [9.17, 15) is 10.1 Å². The first-order chi connectivity index (χ1) is 12.6. The number of hydrogen-bond acceptors (Lipinski definition) is 5. The zero-order chi connectivity index (χ0) is 18.6. The van der Waals surface area contributed by atoms with Crippen LogP contribution in [-0.2, 0) is 14.9 Å².